The van der Waals surface area contributed by atoms with Crippen molar-refractivity contribution in [1.82, 2.24) is 5.32 Å². The minimum atomic E-state index is -0.194. The van der Waals surface area contributed by atoms with Crippen molar-refractivity contribution in [3.63, 3.8) is 0 Å². The molecule has 0 saturated carbocycles. The number of carbonyl (C=O) groups is 1. The summed E-state index contributed by atoms with van der Waals surface area (Å²) in [4.78, 5) is 13.7. The van der Waals surface area contributed by atoms with E-state index in [2.05, 4.69) is 5.32 Å². The van der Waals surface area contributed by atoms with Gasteiger partial charge in [-0.3, -0.25) is 4.79 Å². The molecule has 1 N–H and O–H groups in total. The van der Waals surface area contributed by atoms with Crippen molar-refractivity contribution in [2.75, 3.05) is 7.11 Å². The molecule has 1 amide bonds. The lowest BCUT2D eigenvalue weighted by Crippen LogP contribution is -2.26. The maximum Gasteiger partial charge on any atom is 0.252 e. The largest absolute Gasteiger partial charge is 0.497 e. The molecule has 0 aliphatic carbocycles. The highest BCUT2D eigenvalue weighted by atomic mass is 32.2. The molecule has 3 rings (SSSR count). The zero-order chi connectivity index (χ0) is 17.5. The topological polar surface area (TPSA) is 38.3 Å². The Balaban J connectivity index is 1.84. The van der Waals surface area contributed by atoms with E-state index in [4.69, 9.17) is 4.74 Å². The predicted molar refractivity (Wildman–Crippen MR) is 102 cm³/mol. The average molecular weight is 349 g/mol. The Hall–Kier alpha value is -2.72. The number of hydrogen-bond donors (Lipinski definition) is 1. The first-order valence-corrected chi connectivity index (χ1v) is 8.86. The summed E-state index contributed by atoms with van der Waals surface area (Å²) in [7, 11) is 1.64. The number of thioether (sulfide) groups is 1. The molecular formula is C21H19NO2S. The number of ether oxygens (including phenoxy) is 1. The Bertz CT molecular complexity index is 804. The van der Waals surface area contributed by atoms with Gasteiger partial charge in [0, 0.05) is 10.5 Å². The molecule has 0 spiro atoms. The van der Waals surface area contributed by atoms with Crippen LogP contribution in [0, 0.1) is 0 Å². The lowest BCUT2D eigenvalue weighted by Gasteiger charge is -2.19. The summed E-state index contributed by atoms with van der Waals surface area (Å²) in [5, 5.41) is 2.93. The fourth-order valence-corrected chi connectivity index (χ4v) is 3.43. The van der Waals surface area contributed by atoms with Gasteiger partial charge in [-0.25, -0.2) is 0 Å². The van der Waals surface area contributed by atoms with Gasteiger partial charge in [-0.2, -0.15) is 0 Å². The predicted octanol–water partition coefficient (Wildman–Crippen LogP) is 4.92. The molecule has 4 heteroatoms. The van der Waals surface area contributed by atoms with E-state index in [0.717, 1.165) is 16.2 Å². The standard InChI is InChI=1S/C21H19NO2S/c1-24-18-14-12-17(13-15-18)21(25-19-10-6-3-7-11-19)22-20(23)16-8-4-2-5-9-16/h2-15,21H,1H3,(H,22,23). The van der Waals surface area contributed by atoms with Crippen LogP contribution in [0.5, 0.6) is 5.75 Å². The molecule has 3 nitrogen and oxygen atoms in total. The summed E-state index contributed by atoms with van der Waals surface area (Å²) in [5.74, 6) is 0.700. The summed E-state index contributed by atoms with van der Waals surface area (Å²) in [6.07, 6.45) is 0. The van der Waals surface area contributed by atoms with Crippen molar-refractivity contribution in [3.8, 4) is 5.75 Å². The first-order valence-electron chi connectivity index (χ1n) is 7.98. The van der Waals surface area contributed by atoms with Gasteiger partial charge in [0.2, 0.25) is 0 Å². The van der Waals surface area contributed by atoms with Crippen molar-refractivity contribution >= 4 is 17.7 Å². The minimum Gasteiger partial charge on any atom is -0.497 e. The second kappa shape index (κ2) is 8.40. The van der Waals surface area contributed by atoms with Gasteiger partial charge in [-0.1, -0.05) is 60.3 Å². The van der Waals surface area contributed by atoms with E-state index in [1.807, 2.05) is 84.9 Å². The second-order valence-corrected chi connectivity index (χ2v) is 6.60. The van der Waals surface area contributed by atoms with Gasteiger partial charge in [0.15, 0.2) is 0 Å². The van der Waals surface area contributed by atoms with E-state index in [1.54, 1.807) is 18.9 Å². The van der Waals surface area contributed by atoms with Crippen molar-refractivity contribution in [3.05, 3.63) is 96.1 Å². The van der Waals surface area contributed by atoms with Crippen LogP contribution in [-0.2, 0) is 0 Å². The molecule has 0 fully saturated rings. The van der Waals surface area contributed by atoms with Gasteiger partial charge < -0.3 is 10.1 Å². The van der Waals surface area contributed by atoms with Gasteiger partial charge in [0.1, 0.15) is 11.1 Å². The minimum absolute atomic E-state index is 0.0927. The summed E-state index contributed by atoms with van der Waals surface area (Å²) in [6.45, 7) is 0. The Morgan fingerprint density at radius 1 is 0.880 bits per heavy atom. The lowest BCUT2D eigenvalue weighted by molar-refractivity contribution is 0.0949. The highest BCUT2D eigenvalue weighted by Crippen LogP contribution is 2.34. The van der Waals surface area contributed by atoms with Gasteiger partial charge in [0.25, 0.3) is 5.91 Å². The van der Waals surface area contributed by atoms with Crippen LogP contribution in [0.2, 0.25) is 0 Å². The summed E-state index contributed by atoms with van der Waals surface area (Å²) >= 11 is 1.61. The van der Waals surface area contributed by atoms with E-state index in [9.17, 15) is 4.79 Å². The third-order valence-electron chi connectivity index (χ3n) is 3.71. The zero-order valence-corrected chi connectivity index (χ0v) is 14.7. The van der Waals surface area contributed by atoms with Gasteiger partial charge in [-0.15, -0.1) is 0 Å². The Morgan fingerprint density at radius 3 is 2.08 bits per heavy atom. The third kappa shape index (κ3) is 4.64. The molecule has 0 bridgehead atoms. The summed E-state index contributed by atoms with van der Waals surface area (Å²) in [6, 6.07) is 27.1. The van der Waals surface area contributed by atoms with Gasteiger partial charge in [0.05, 0.1) is 7.11 Å². The molecule has 0 aromatic heterocycles. The quantitative estimate of drug-likeness (QED) is 0.507. The molecule has 3 aromatic rings. The van der Waals surface area contributed by atoms with Crippen molar-refractivity contribution in [1.29, 1.82) is 0 Å². The number of rotatable bonds is 6. The number of nitrogens with one attached hydrogen (secondary N) is 1. The molecule has 1 unspecified atom stereocenters. The zero-order valence-electron chi connectivity index (χ0n) is 13.9. The molecule has 25 heavy (non-hydrogen) atoms. The first kappa shape index (κ1) is 17.1. The fourth-order valence-electron chi connectivity index (χ4n) is 2.39. The molecule has 0 heterocycles. The average Bonchev–Trinajstić information content (AvgIpc) is 2.69. The normalized spacial score (nSPS) is 11.6. The smallest absolute Gasteiger partial charge is 0.252 e. The molecule has 0 saturated heterocycles. The van der Waals surface area contributed by atoms with Crippen LogP contribution in [0.4, 0.5) is 0 Å². The Kier molecular flexibility index (Phi) is 5.75. The van der Waals surface area contributed by atoms with Crippen molar-refractivity contribution in [2.45, 2.75) is 10.3 Å². The van der Waals surface area contributed by atoms with E-state index in [0.29, 0.717) is 5.56 Å². The number of hydrogen-bond acceptors (Lipinski definition) is 3. The monoisotopic (exact) mass is 349 g/mol. The maximum absolute atomic E-state index is 12.6. The molecule has 0 aliphatic heterocycles. The highest BCUT2D eigenvalue weighted by Gasteiger charge is 2.17. The van der Waals surface area contributed by atoms with Crippen LogP contribution in [0.1, 0.15) is 21.3 Å². The summed E-state index contributed by atoms with van der Waals surface area (Å²) in [5.41, 5.74) is 1.66. The van der Waals surface area contributed by atoms with E-state index >= 15 is 0 Å². The second-order valence-electron chi connectivity index (χ2n) is 5.42. The van der Waals surface area contributed by atoms with Crippen LogP contribution in [-0.4, -0.2) is 13.0 Å². The first-order chi connectivity index (χ1) is 12.3. The van der Waals surface area contributed by atoms with Gasteiger partial charge in [-0.05, 0) is 42.0 Å². The van der Waals surface area contributed by atoms with Crippen LogP contribution < -0.4 is 10.1 Å². The number of carbonyl (C=O) groups excluding carboxylic acids is 1. The molecule has 0 radical (unpaired) electrons. The number of benzene rings is 3. The highest BCUT2D eigenvalue weighted by molar-refractivity contribution is 7.99. The van der Waals surface area contributed by atoms with E-state index < -0.39 is 0 Å². The van der Waals surface area contributed by atoms with Crippen LogP contribution >= 0.6 is 11.8 Å². The third-order valence-corrected chi connectivity index (χ3v) is 4.88. The van der Waals surface area contributed by atoms with Crippen LogP contribution in [0.25, 0.3) is 0 Å². The van der Waals surface area contributed by atoms with Gasteiger partial charge >= 0.3 is 0 Å². The molecule has 0 aliphatic rings. The lowest BCUT2D eigenvalue weighted by atomic mass is 10.2. The van der Waals surface area contributed by atoms with Crippen LogP contribution in [0.15, 0.2) is 89.8 Å². The molecule has 1 atom stereocenters. The fraction of sp³-hybridized carbons (Fsp3) is 0.0952. The maximum atomic E-state index is 12.6. The SMILES string of the molecule is COc1ccc(C(NC(=O)c2ccccc2)Sc2ccccc2)cc1. The van der Waals surface area contributed by atoms with E-state index in [-0.39, 0.29) is 11.3 Å². The Morgan fingerprint density at radius 2 is 1.48 bits per heavy atom. The van der Waals surface area contributed by atoms with Crippen LogP contribution in [0.3, 0.4) is 0 Å². The molecule has 126 valence electrons. The van der Waals surface area contributed by atoms with Crippen molar-refractivity contribution in [2.24, 2.45) is 0 Å². The summed E-state index contributed by atoms with van der Waals surface area (Å²) < 4.78 is 5.22. The number of methoxy groups -OCH3 is 1. The van der Waals surface area contributed by atoms with Crippen molar-refractivity contribution < 1.29 is 9.53 Å². The molecule has 3 aromatic carbocycles. The van der Waals surface area contributed by atoms with E-state index in [1.165, 1.54) is 0 Å². The number of amides is 1. The molecular weight excluding hydrogens is 330 g/mol. The Labute approximate surface area is 152 Å².